The Morgan fingerprint density at radius 1 is 1.28 bits per heavy atom. The largest absolute Gasteiger partial charge is 0.323 e. The minimum Gasteiger partial charge on any atom is -0.323 e. The highest BCUT2D eigenvalue weighted by molar-refractivity contribution is 5.24. The predicted octanol–water partition coefficient (Wildman–Crippen LogP) is 3.12. The molecule has 1 aliphatic carbocycles. The summed E-state index contributed by atoms with van der Waals surface area (Å²) in [4.78, 5) is 2.53. The summed E-state index contributed by atoms with van der Waals surface area (Å²) in [5, 5.41) is 0. The first kappa shape index (κ1) is 13.6. The highest BCUT2D eigenvalue weighted by atomic mass is 15.2. The molecule has 0 amide bonds. The van der Waals surface area contributed by atoms with Crippen LogP contribution in [0.5, 0.6) is 0 Å². The van der Waals surface area contributed by atoms with Gasteiger partial charge >= 0.3 is 0 Å². The van der Waals surface area contributed by atoms with E-state index in [1.807, 2.05) is 0 Å². The normalized spacial score (nSPS) is 18.9. The van der Waals surface area contributed by atoms with Crippen molar-refractivity contribution in [1.29, 1.82) is 0 Å². The molecule has 1 aromatic rings. The van der Waals surface area contributed by atoms with Gasteiger partial charge in [0.05, 0.1) is 0 Å². The van der Waals surface area contributed by atoms with E-state index in [1.165, 1.54) is 30.5 Å². The molecule has 0 aromatic heterocycles. The van der Waals surface area contributed by atoms with Crippen LogP contribution >= 0.6 is 0 Å². The topological polar surface area (TPSA) is 29.3 Å². The number of rotatable bonds is 6. The zero-order chi connectivity index (χ0) is 13.1. The summed E-state index contributed by atoms with van der Waals surface area (Å²) >= 11 is 0. The van der Waals surface area contributed by atoms with E-state index in [4.69, 9.17) is 5.73 Å². The Morgan fingerprint density at radius 2 is 1.89 bits per heavy atom. The molecule has 0 aliphatic heterocycles. The van der Waals surface area contributed by atoms with Crippen molar-refractivity contribution < 1.29 is 0 Å². The van der Waals surface area contributed by atoms with Crippen LogP contribution in [-0.2, 0) is 0 Å². The molecule has 18 heavy (non-hydrogen) atoms. The third-order valence-electron chi connectivity index (χ3n) is 4.15. The lowest BCUT2D eigenvalue weighted by molar-refractivity contribution is 0.186. The monoisotopic (exact) mass is 246 g/mol. The van der Waals surface area contributed by atoms with Crippen molar-refractivity contribution in [1.82, 2.24) is 4.90 Å². The average Bonchev–Trinajstić information content (AvgIpc) is 3.19. The van der Waals surface area contributed by atoms with Crippen molar-refractivity contribution in [2.75, 3.05) is 13.1 Å². The van der Waals surface area contributed by atoms with Crippen LogP contribution in [0.25, 0.3) is 0 Å². The molecule has 0 radical (unpaired) electrons. The summed E-state index contributed by atoms with van der Waals surface area (Å²) in [7, 11) is 0. The highest BCUT2D eigenvalue weighted by Gasteiger charge is 2.28. The first-order chi connectivity index (χ1) is 8.61. The SMILES string of the molecule is CCN(CC1CC1)C(C)C(N)c1ccc(C)cc1. The van der Waals surface area contributed by atoms with E-state index in [-0.39, 0.29) is 6.04 Å². The summed E-state index contributed by atoms with van der Waals surface area (Å²) in [6, 6.07) is 9.17. The maximum atomic E-state index is 6.42. The fraction of sp³-hybridized carbons (Fsp3) is 0.625. The van der Waals surface area contributed by atoms with E-state index in [1.54, 1.807) is 0 Å². The lowest BCUT2D eigenvalue weighted by Crippen LogP contribution is -2.41. The van der Waals surface area contributed by atoms with Crippen molar-refractivity contribution in [2.24, 2.45) is 11.7 Å². The summed E-state index contributed by atoms with van der Waals surface area (Å²) in [6.07, 6.45) is 2.81. The van der Waals surface area contributed by atoms with E-state index in [0.717, 1.165) is 12.5 Å². The zero-order valence-corrected chi connectivity index (χ0v) is 11.9. The first-order valence-corrected chi connectivity index (χ1v) is 7.18. The molecular formula is C16H26N2. The Labute approximate surface area is 111 Å². The van der Waals surface area contributed by atoms with Gasteiger partial charge in [-0.05, 0) is 44.7 Å². The van der Waals surface area contributed by atoms with E-state index in [0.29, 0.717) is 6.04 Å². The molecule has 100 valence electrons. The number of hydrogen-bond acceptors (Lipinski definition) is 2. The van der Waals surface area contributed by atoms with E-state index < -0.39 is 0 Å². The van der Waals surface area contributed by atoms with Crippen LogP contribution in [0.4, 0.5) is 0 Å². The standard InChI is InChI=1S/C16H26N2/c1-4-18(11-14-7-8-14)13(3)16(17)15-9-5-12(2)6-10-15/h5-6,9-10,13-14,16H,4,7-8,11,17H2,1-3H3. The zero-order valence-electron chi connectivity index (χ0n) is 11.9. The molecule has 1 fully saturated rings. The van der Waals surface area contributed by atoms with Crippen LogP contribution in [0.15, 0.2) is 24.3 Å². The van der Waals surface area contributed by atoms with Crippen molar-refractivity contribution in [2.45, 2.75) is 45.7 Å². The molecule has 0 bridgehead atoms. The maximum Gasteiger partial charge on any atom is 0.0450 e. The molecule has 2 N–H and O–H groups in total. The molecule has 0 saturated heterocycles. The molecule has 1 aliphatic rings. The number of likely N-dealkylation sites (N-methyl/N-ethyl adjacent to an activating group) is 1. The molecule has 2 unspecified atom stereocenters. The van der Waals surface area contributed by atoms with Crippen molar-refractivity contribution in [3.63, 3.8) is 0 Å². The van der Waals surface area contributed by atoms with Gasteiger partial charge < -0.3 is 5.73 Å². The van der Waals surface area contributed by atoms with Gasteiger partial charge in [-0.3, -0.25) is 4.90 Å². The molecular weight excluding hydrogens is 220 g/mol. The van der Waals surface area contributed by atoms with Crippen LogP contribution in [-0.4, -0.2) is 24.0 Å². The quantitative estimate of drug-likeness (QED) is 0.835. The fourth-order valence-electron chi connectivity index (χ4n) is 2.51. The Morgan fingerprint density at radius 3 is 2.39 bits per heavy atom. The highest BCUT2D eigenvalue weighted by Crippen LogP contribution is 2.31. The maximum absolute atomic E-state index is 6.42. The predicted molar refractivity (Wildman–Crippen MR) is 77.5 cm³/mol. The van der Waals surface area contributed by atoms with E-state index >= 15 is 0 Å². The average molecular weight is 246 g/mol. The number of nitrogens with zero attached hydrogens (tertiary/aromatic N) is 1. The summed E-state index contributed by atoms with van der Waals surface area (Å²) in [5.74, 6) is 0.928. The van der Waals surface area contributed by atoms with Gasteiger partial charge in [0.1, 0.15) is 0 Å². The molecule has 1 saturated carbocycles. The third kappa shape index (κ3) is 3.33. The van der Waals surface area contributed by atoms with Crippen LogP contribution < -0.4 is 5.73 Å². The molecule has 2 heteroatoms. The Bertz CT molecular complexity index is 367. The summed E-state index contributed by atoms with van der Waals surface area (Å²) in [6.45, 7) is 8.93. The van der Waals surface area contributed by atoms with Crippen LogP contribution in [0.1, 0.15) is 43.9 Å². The second kappa shape index (κ2) is 5.85. The molecule has 1 aromatic carbocycles. The summed E-state index contributed by atoms with van der Waals surface area (Å²) in [5.41, 5.74) is 8.97. The van der Waals surface area contributed by atoms with Crippen LogP contribution in [0, 0.1) is 12.8 Å². The van der Waals surface area contributed by atoms with Gasteiger partial charge in [0.2, 0.25) is 0 Å². The lowest BCUT2D eigenvalue weighted by Gasteiger charge is -2.32. The third-order valence-corrected chi connectivity index (χ3v) is 4.15. The fourth-order valence-corrected chi connectivity index (χ4v) is 2.51. The Balaban J connectivity index is 2.01. The van der Waals surface area contributed by atoms with Gasteiger partial charge in [0.25, 0.3) is 0 Å². The van der Waals surface area contributed by atoms with Gasteiger partial charge in [-0.25, -0.2) is 0 Å². The second-order valence-corrected chi connectivity index (χ2v) is 5.71. The Kier molecular flexibility index (Phi) is 4.41. The van der Waals surface area contributed by atoms with Gasteiger partial charge in [-0.1, -0.05) is 36.8 Å². The van der Waals surface area contributed by atoms with Crippen molar-refractivity contribution >= 4 is 0 Å². The van der Waals surface area contributed by atoms with Gasteiger partial charge in [-0.15, -0.1) is 0 Å². The van der Waals surface area contributed by atoms with Gasteiger partial charge in [-0.2, -0.15) is 0 Å². The van der Waals surface area contributed by atoms with Crippen molar-refractivity contribution in [3.05, 3.63) is 35.4 Å². The van der Waals surface area contributed by atoms with E-state index in [9.17, 15) is 0 Å². The molecule has 2 rings (SSSR count). The lowest BCUT2D eigenvalue weighted by atomic mass is 9.99. The van der Waals surface area contributed by atoms with E-state index in [2.05, 4.69) is 49.9 Å². The number of aryl methyl sites for hydroxylation is 1. The molecule has 0 heterocycles. The molecule has 2 nitrogen and oxygen atoms in total. The smallest absolute Gasteiger partial charge is 0.0450 e. The first-order valence-electron chi connectivity index (χ1n) is 7.18. The Hall–Kier alpha value is -0.860. The molecule has 0 spiro atoms. The summed E-state index contributed by atoms with van der Waals surface area (Å²) < 4.78 is 0. The minimum atomic E-state index is 0.115. The van der Waals surface area contributed by atoms with Gasteiger partial charge in [0.15, 0.2) is 0 Å². The number of hydrogen-bond donors (Lipinski definition) is 1. The number of benzene rings is 1. The molecule has 2 atom stereocenters. The minimum absolute atomic E-state index is 0.115. The second-order valence-electron chi connectivity index (χ2n) is 5.71. The van der Waals surface area contributed by atoms with Crippen LogP contribution in [0.2, 0.25) is 0 Å². The number of nitrogens with two attached hydrogens (primary N) is 1. The van der Waals surface area contributed by atoms with Gasteiger partial charge in [0, 0.05) is 18.6 Å². The van der Waals surface area contributed by atoms with Crippen molar-refractivity contribution in [3.8, 4) is 0 Å². The van der Waals surface area contributed by atoms with Crippen LogP contribution in [0.3, 0.4) is 0 Å².